The highest BCUT2D eigenvalue weighted by atomic mass is 16.4. The summed E-state index contributed by atoms with van der Waals surface area (Å²) >= 11 is 0. The Kier molecular flexibility index (Phi) is 3.62. The lowest BCUT2D eigenvalue weighted by Gasteiger charge is -2.19. The summed E-state index contributed by atoms with van der Waals surface area (Å²) in [5.41, 5.74) is 4.76. The molecular formula is C8H13N3O4. The summed E-state index contributed by atoms with van der Waals surface area (Å²) in [5, 5.41) is 10.7. The lowest BCUT2D eigenvalue weighted by molar-refractivity contribution is -0.142. The largest absolute Gasteiger partial charge is 0.480 e. The van der Waals surface area contributed by atoms with Crippen LogP contribution in [-0.4, -0.2) is 47.0 Å². The minimum absolute atomic E-state index is 0.111. The number of carbonyl (C=O) groups is 3. The normalized spacial score (nSPS) is 21.2. The quantitative estimate of drug-likeness (QED) is 0.543. The molecule has 1 aliphatic rings. The second kappa shape index (κ2) is 4.74. The number of nitrogens with two attached hydrogens (primary N) is 1. The highest BCUT2D eigenvalue weighted by Crippen LogP contribution is 2.16. The molecule has 4 N–H and O–H groups in total. The first-order valence-electron chi connectivity index (χ1n) is 4.57. The molecule has 1 aliphatic heterocycles. The second-order valence-corrected chi connectivity index (χ2v) is 3.38. The van der Waals surface area contributed by atoms with Gasteiger partial charge in [0.1, 0.15) is 6.04 Å². The monoisotopic (exact) mass is 215 g/mol. The Balaban J connectivity index is 2.46. The summed E-state index contributed by atoms with van der Waals surface area (Å²) in [5.74, 6) is -1.52. The first-order valence-corrected chi connectivity index (χ1v) is 4.57. The zero-order valence-corrected chi connectivity index (χ0v) is 8.10. The van der Waals surface area contributed by atoms with E-state index in [9.17, 15) is 14.4 Å². The molecule has 0 aromatic heterocycles. The highest BCUT2D eigenvalue weighted by Gasteiger charge is 2.31. The van der Waals surface area contributed by atoms with Crippen molar-refractivity contribution in [3.8, 4) is 0 Å². The Morgan fingerprint density at radius 2 is 2.13 bits per heavy atom. The van der Waals surface area contributed by atoms with E-state index in [1.165, 1.54) is 4.90 Å². The molecule has 7 heteroatoms. The van der Waals surface area contributed by atoms with E-state index in [2.05, 4.69) is 0 Å². The Morgan fingerprint density at radius 1 is 1.47 bits per heavy atom. The molecule has 1 unspecified atom stereocenters. The Morgan fingerprint density at radius 3 is 2.67 bits per heavy atom. The number of carboxylic acid groups (broad SMARTS) is 1. The van der Waals surface area contributed by atoms with E-state index >= 15 is 0 Å². The fourth-order valence-electron chi connectivity index (χ4n) is 1.66. The maximum atomic E-state index is 11.1. The number of carboxylic acids is 1. The van der Waals surface area contributed by atoms with E-state index in [-0.39, 0.29) is 6.54 Å². The van der Waals surface area contributed by atoms with E-state index in [4.69, 9.17) is 10.8 Å². The van der Waals surface area contributed by atoms with Gasteiger partial charge in [0.2, 0.25) is 5.91 Å². The van der Waals surface area contributed by atoms with Gasteiger partial charge in [-0.2, -0.15) is 0 Å². The average molecular weight is 215 g/mol. The van der Waals surface area contributed by atoms with Gasteiger partial charge in [0.25, 0.3) is 0 Å². The van der Waals surface area contributed by atoms with E-state index in [1.54, 1.807) is 0 Å². The van der Waals surface area contributed by atoms with Gasteiger partial charge in [-0.05, 0) is 19.4 Å². The Labute approximate surface area is 86.2 Å². The molecule has 1 rings (SSSR count). The third-order valence-corrected chi connectivity index (χ3v) is 2.26. The molecule has 0 aromatic carbocycles. The van der Waals surface area contributed by atoms with Gasteiger partial charge in [-0.25, -0.2) is 4.79 Å². The van der Waals surface area contributed by atoms with E-state index < -0.39 is 23.9 Å². The second-order valence-electron chi connectivity index (χ2n) is 3.38. The lowest BCUT2D eigenvalue weighted by atomic mass is 10.2. The number of hydrogen-bond donors (Lipinski definition) is 3. The zero-order chi connectivity index (χ0) is 11.4. The average Bonchev–Trinajstić information content (AvgIpc) is 2.50. The minimum Gasteiger partial charge on any atom is -0.480 e. The van der Waals surface area contributed by atoms with Crippen LogP contribution >= 0.6 is 0 Å². The summed E-state index contributed by atoms with van der Waals surface area (Å²) in [4.78, 5) is 33.8. The third kappa shape index (κ3) is 3.21. The smallest absolute Gasteiger partial charge is 0.320 e. The Bertz CT molecular complexity index is 292. The molecule has 15 heavy (non-hydrogen) atoms. The van der Waals surface area contributed by atoms with E-state index in [0.717, 1.165) is 6.42 Å². The van der Waals surface area contributed by atoms with Crippen molar-refractivity contribution < 1.29 is 19.5 Å². The van der Waals surface area contributed by atoms with E-state index in [1.807, 2.05) is 5.32 Å². The van der Waals surface area contributed by atoms with Crippen molar-refractivity contribution >= 4 is 17.9 Å². The van der Waals surface area contributed by atoms with Crippen molar-refractivity contribution in [2.45, 2.75) is 18.9 Å². The van der Waals surface area contributed by atoms with Crippen LogP contribution in [0.15, 0.2) is 0 Å². The molecule has 1 atom stereocenters. The van der Waals surface area contributed by atoms with Crippen molar-refractivity contribution in [2.75, 3.05) is 13.1 Å². The van der Waals surface area contributed by atoms with Crippen LogP contribution < -0.4 is 11.1 Å². The van der Waals surface area contributed by atoms with Crippen LogP contribution in [0.2, 0.25) is 0 Å². The summed E-state index contributed by atoms with van der Waals surface area (Å²) in [6.45, 7) is 0.434. The van der Waals surface area contributed by atoms with Crippen LogP contribution in [0.3, 0.4) is 0 Å². The summed E-state index contributed by atoms with van der Waals surface area (Å²) < 4.78 is 0. The number of nitrogens with one attached hydrogen (secondary N) is 1. The molecule has 1 fully saturated rings. The van der Waals surface area contributed by atoms with Crippen molar-refractivity contribution in [3.05, 3.63) is 0 Å². The number of aliphatic carboxylic acids is 1. The first kappa shape index (κ1) is 11.4. The van der Waals surface area contributed by atoms with Crippen molar-refractivity contribution in [2.24, 2.45) is 5.73 Å². The van der Waals surface area contributed by atoms with Crippen molar-refractivity contribution in [1.82, 2.24) is 10.2 Å². The van der Waals surface area contributed by atoms with Crippen LogP contribution in [0.1, 0.15) is 12.8 Å². The molecular weight excluding hydrogens is 202 g/mol. The lowest BCUT2D eigenvalue weighted by Crippen LogP contribution is -2.45. The number of amides is 3. The molecule has 3 amide bonds. The van der Waals surface area contributed by atoms with Gasteiger partial charge in [-0.15, -0.1) is 0 Å². The molecule has 0 spiro atoms. The molecule has 0 aromatic rings. The molecule has 0 saturated carbocycles. The van der Waals surface area contributed by atoms with Crippen molar-refractivity contribution in [3.63, 3.8) is 0 Å². The van der Waals surface area contributed by atoms with Gasteiger partial charge in [0.15, 0.2) is 0 Å². The molecule has 7 nitrogen and oxygen atoms in total. The van der Waals surface area contributed by atoms with Crippen LogP contribution in [0, 0.1) is 0 Å². The third-order valence-electron chi connectivity index (χ3n) is 2.26. The Hall–Kier alpha value is -1.63. The maximum absolute atomic E-state index is 11.1. The van der Waals surface area contributed by atoms with Gasteiger partial charge in [0.05, 0.1) is 6.54 Å². The highest BCUT2D eigenvalue weighted by molar-refractivity contribution is 5.94. The number of likely N-dealkylation sites (tertiary alicyclic amines) is 1. The molecule has 1 heterocycles. The number of nitrogens with zero attached hydrogens (tertiary/aromatic N) is 1. The van der Waals surface area contributed by atoms with Crippen LogP contribution in [0.25, 0.3) is 0 Å². The van der Waals surface area contributed by atoms with Crippen LogP contribution in [-0.2, 0) is 9.59 Å². The van der Waals surface area contributed by atoms with Gasteiger partial charge < -0.3 is 10.8 Å². The van der Waals surface area contributed by atoms with Crippen LogP contribution in [0.5, 0.6) is 0 Å². The topological polar surface area (TPSA) is 113 Å². The van der Waals surface area contributed by atoms with Gasteiger partial charge >= 0.3 is 12.0 Å². The number of rotatable bonds is 3. The molecule has 1 saturated heterocycles. The molecule has 0 radical (unpaired) electrons. The minimum atomic E-state index is -0.945. The number of urea groups is 1. The zero-order valence-electron chi connectivity index (χ0n) is 8.10. The van der Waals surface area contributed by atoms with Gasteiger partial charge in [-0.3, -0.25) is 19.8 Å². The predicted molar refractivity (Wildman–Crippen MR) is 50.0 cm³/mol. The van der Waals surface area contributed by atoms with E-state index in [0.29, 0.717) is 13.0 Å². The summed E-state index contributed by atoms with van der Waals surface area (Å²) in [6, 6.07) is -1.56. The molecule has 84 valence electrons. The first-order chi connectivity index (χ1) is 7.00. The number of hydrogen-bond acceptors (Lipinski definition) is 4. The standard InChI is InChI=1S/C8H13N3O4/c9-8(15)10-6(12)4-11-3-1-2-5(11)7(13)14/h5H,1-4H2,(H,13,14)(H3,9,10,12,15). The fourth-order valence-corrected chi connectivity index (χ4v) is 1.66. The maximum Gasteiger partial charge on any atom is 0.320 e. The molecule has 0 aliphatic carbocycles. The molecule has 0 bridgehead atoms. The number of imide groups is 1. The van der Waals surface area contributed by atoms with Gasteiger partial charge in [-0.1, -0.05) is 0 Å². The number of carbonyl (C=O) groups excluding carboxylic acids is 2. The number of primary amides is 1. The summed E-state index contributed by atoms with van der Waals surface area (Å²) in [7, 11) is 0. The summed E-state index contributed by atoms with van der Waals surface area (Å²) in [6.07, 6.45) is 1.26. The van der Waals surface area contributed by atoms with Gasteiger partial charge in [0, 0.05) is 0 Å². The van der Waals surface area contributed by atoms with Crippen LogP contribution in [0.4, 0.5) is 4.79 Å². The predicted octanol–water partition coefficient (Wildman–Crippen LogP) is -1.27. The fraction of sp³-hybridized carbons (Fsp3) is 0.625. The SMILES string of the molecule is NC(=O)NC(=O)CN1CCCC1C(=O)O. The van der Waals surface area contributed by atoms with Crippen molar-refractivity contribution in [1.29, 1.82) is 0 Å².